The largest absolute Gasteiger partial charge is 0.396 e. The second-order valence-electron chi connectivity index (χ2n) is 4.36. The number of imidazole rings is 1. The van der Waals surface area contributed by atoms with Crippen LogP contribution in [-0.2, 0) is 13.6 Å². The van der Waals surface area contributed by atoms with Crippen LogP contribution in [-0.4, -0.2) is 39.3 Å². The zero-order chi connectivity index (χ0) is 10.7. The Kier molecular flexibility index (Phi) is 3.38. The number of likely N-dealkylation sites (tertiary alicyclic amines) is 1. The van der Waals surface area contributed by atoms with Crippen LogP contribution >= 0.6 is 0 Å². The quantitative estimate of drug-likeness (QED) is 0.790. The second kappa shape index (κ2) is 4.77. The standard InChI is InChI=1S/C11H19N3O/c1-13-6-4-12-11(13)9-14-5-2-10(8-14)3-7-15/h4,6,10,15H,2-3,5,7-9H2,1H3. The highest BCUT2D eigenvalue weighted by Gasteiger charge is 2.22. The van der Waals surface area contributed by atoms with E-state index in [9.17, 15) is 0 Å². The van der Waals surface area contributed by atoms with Gasteiger partial charge in [-0.25, -0.2) is 4.98 Å². The molecule has 1 unspecified atom stereocenters. The van der Waals surface area contributed by atoms with Crippen molar-refractivity contribution in [3.05, 3.63) is 18.2 Å². The van der Waals surface area contributed by atoms with Crippen LogP contribution in [0.25, 0.3) is 0 Å². The van der Waals surface area contributed by atoms with Crippen LogP contribution in [0.2, 0.25) is 0 Å². The maximum Gasteiger partial charge on any atom is 0.122 e. The molecular weight excluding hydrogens is 190 g/mol. The van der Waals surface area contributed by atoms with Gasteiger partial charge in [-0.2, -0.15) is 0 Å². The van der Waals surface area contributed by atoms with Gasteiger partial charge in [0.2, 0.25) is 0 Å². The first-order valence-electron chi connectivity index (χ1n) is 5.59. The first-order chi connectivity index (χ1) is 7.29. The van der Waals surface area contributed by atoms with Crippen LogP contribution in [0.5, 0.6) is 0 Å². The molecule has 1 aliphatic heterocycles. The smallest absolute Gasteiger partial charge is 0.122 e. The number of rotatable bonds is 4. The van der Waals surface area contributed by atoms with Gasteiger partial charge in [0.25, 0.3) is 0 Å². The van der Waals surface area contributed by atoms with E-state index in [2.05, 4.69) is 14.5 Å². The van der Waals surface area contributed by atoms with E-state index in [0.717, 1.165) is 31.9 Å². The average Bonchev–Trinajstić information content (AvgIpc) is 2.79. The van der Waals surface area contributed by atoms with E-state index in [-0.39, 0.29) is 0 Å². The Morgan fingerprint density at radius 1 is 1.60 bits per heavy atom. The molecular formula is C11H19N3O. The molecule has 0 saturated carbocycles. The Labute approximate surface area is 90.5 Å². The molecule has 1 aliphatic rings. The van der Waals surface area contributed by atoms with Crippen LogP contribution in [0, 0.1) is 5.92 Å². The van der Waals surface area contributed by atoms with Gasteiger partial charge in [-0.1, -0.05) is 0 Å². The van der Waals surface area contributed by atoms with Crippen molar-refractivity contribution in [3.8, 4) is 0 Å². The van der Waals surface area contributed by atoms with Gasteiger partial charge in [0.1, 0.15) is 5.82 Å². The lowest BCUT2D eigenvalue weighted by atomic mass is 10.1. The van der Waals surface area contributed by atoms with E-state index in [1.807, 2.05) is 19.4 Å². The van der Waals surface area contributed by atoms with Crippen LogP contribution in [0.3, 0.4) is 0 Å². The molecule has 1 aromatic heterocycles. The summed E-state index contributed by atoms with van der Waals surface area (Å²) in [5.74, 6) is 1.80. The summed E-state index contributed by atoms with van der Waals surface area (Å²) in [5.41, 5.74) is 0. The minimum Gasteiger partial charge on any atom is -0.396 e. The van der Waals surface area contributed by atoms with E-state index >= 15 is 0 Å². The number of aliphatic hydroxyl groups is 1. The Morgan fingerprint density at radius 2 is 2.47 bits per heavy atom. The van der Waals surface area contributed by atoms with Gasteiger partial charge in [-0.15, -0.1) is 0 Å². The minimum atomic E-state index is 0.320. The van der Waals surface area contributed by atoms with Crippen molar-refractivity contribution in [2.45, 2.75) is 19.4 Å². The van der Waals surface area contributed by atoms with E-state index in [1.54, 1.807) is 0 Å². The highest BCUT2D eigenvalue weighted by molar-refractivity contribution is 4.92. The normalized spacial score (nSPS) is 22.4. The number of nitrogens with zero attached hydrogens (tertiary/aromatic N) is 3. The first-order valence-corrected chi connectivity index (χ1v) is 5.59. The fourth-order valence-electron chi connectivity index (χ4n) is 2.22. The van der Waals surface area contributed by atoms with Crippen molar-refractivity contribution in [3.63, 3.8) is 0 Å². The third kappa shape index (κ3) is 2.58. The van der Waals surface area contributed by atoms with Gasteiger partial charge in [-0.05, 0) is 25.3 Å². The van der Waals surface area contributed by atoms with Gasteiger partial charge >= 0.3 is 0 Å². The predicted molar refractivity (Wildman–Crippen MR) is 58.3 cm³/mol. The van der Waals surface area contributed by atoms with Gasteiger partial charge in [0, 0.05) is 32.6 Å². The summed E-state index contributed by atoms with van der Waals surface area (Å²) in [7, 11) is 2.03. The Hall–Kier alpha value is -0.870. The number of aromatic nitrogens is 2. The minimum absolute atomic E-state index is 0.320. The third-order valence-corrected chi connectivity index (χ3v) is 3.19. The maximum atomic E-state index is 8.88. The molecule has 1 saturated heterocycles. The summed E-state index contributed by atoms with van der Waals surface area (Å²) in [6, 6.07) is 0. The van der Waals surface area contributed by atoms with Crippen LogP contribution in [0.15, 0.2) is 12.4 Å². The zero-order valence-corrected chi connectivity index (χ0v) is 9.26. The van der Waals surface area contributed by atoms with E-state index in [1.165, 1.54) is 6.42 Å². The van der Waals surface area contributed by atoms with Gasteiger partial charge in [-0.3, -0.25) is 4.90 Å². The molecule has 0 amide bonds. The fourth-order valence-corrected chi connectivity index (χ4v) is 2.22. The molecule has 1 atom stereocenters. The summed E-state index contributed by atoms with van der Waals surface area (Å²) in [4.78, 5) is 6.74. The molecule has 2 rings (SSSR count). The monoisotopic (exact) mass is 209 g/mol. The molecule has 0 spiro atoms. The maximum absolute atomic E-state index is 8.88. The number of aryl methyl sites for hydroxylation is 1. The Morgan fingerprint density at radius 3 is 3.13 bits per heavy atom. The van der Waals surface area contributed by atoms with Gasteiger partial charge < -0.3 is 9.67 Å². The molecule has 0 bridgehead atoms. The summed E-state index contributed by atoms with van der Waals surface area (Å²) in [6.07, 6.45) is 5.98. The predicted octanol–water partition coefficient (Wildman–Crippen LogP) is 0.624. The topological polar surface area (TPSA) is 41.3 Å². The molecule has 1 fully saturated rings. The molecule has 2 heterocycles. The fraction of sp³-hybridized carbons (Fsp3) is 0.727. The van der Waals surface area contributed by atoms with Crippen molar-refractivity contribution in [1.82, 2.24) is 14.5 Å². The van der Waals surface area contributed by atoms with Crippen molar-refractivity contribution in [1.29, 1.82) is 0 Å². The molecule has 4 heteroatoms. The van der Waals surface area contributed by atoms with E-state index in [0.29, 0.717) is 12.5 Å². The van der Waals surface area contributed by atoms with Crippen molar-refractivity contribution < 1.29 is 5.11 Å². The number of aliphatic hydroxyl groups excluding tert-OH is 1. The summed E-state index contributed by atoms with van der Waals surface area (Å²) in [6.45, 7) is 3.50. The highest BCUT2D eigenvalue weighted by Crippen LogP contribution is 2.20. The van der Waals surface area contributed by atoms with E-state index < -0.39 is 0 Å². The van der Waals surface area contributed by atoms with Crippen molar-refractivity contribution in [2.75, 3.05) is 19.7 Å². The molecule has 0 radical (unpaired) electrons. The lowest BCUT2D eigenvalue weighted by molar-refractivity contribution is 0.247. The highest BCUT2D eigenvalue weighted by atomic mass is 16.3. The molecule has 15 heavy (non-hydrogen) atoms. The van der Waals surface area contributed by atoms with Crippen LogP contribution in [0.4, 0.5) is 0 Å². The summed E-state index contributed by atoms with van der Waals surface area (Å²) < 4.78 is 2.07. The van der Waals surface area contributed by atoms with Crippen LogP contribution < -0.4 is 0 Å². The Balaban J connectivity index is 1.85. The van der Waals surface area contributed by atoms with Crippen molar-refractivity contribution in [2.24, 2.45) is 13.0 Å². The third-order valence-electron chi connectivity index (χ3n) is 3.19. The summed E-state index contributed by atoms with van der Waals surface area (Å²) in [5, 5.41) is 8.88. The Bertz CT molecular complexity index is 311. The van der Waals surface area contributed by atoms with Gasteiger partial charge in [0.15, 0.2) is 0 Å². The van der Waals surface area contributed by atoms with E-state index in [4.69, 9.17) is 5.11 Å². The molecule has 1 aromatic rings. The van der Waals surface area contributed by atoms with Crippen LogP contribution in [0.1, 0.15) is 18.7 Å². The number of hydrogen-bond donors (Lipinski definition) is 1. The van der Waals surface area contributed by atoms with Crippen molar-refractivity contribution >= 4 is 0 Å². The second-order valence-corrected chi connectivity index (χ2v) is 4.36. The SMILES string of the molecule is Cn1ccnc1CN1CCC(CCO)C1. The molecule has 0 aliphatic carbocycles. The first kappa shape index (κ1) is 10.6. The number of hydrogen-bond acceptors (Lipinski definition) is 3. The zero-order valence-electron chi connectivity index (χ0n) is 9.26. The average molecular weight is 209 g/mol. The molecule has 0 aromatic carbocycles. The summed E-state index contributed by atoms with van der Waals surface area (Å²) >= 11 is 0. The van der Waals surface area contributed by atoms with Gasteiger partial charge in [0.05, 0.1) is 6.54 Å². The lowest BCUT2D eigenvalue weighted by Crippen LogP contribution is -2.22. The molecule has 84 valence electrons. The molecule has 4 nitrogen and oxygen atoms in total. The molecule has 1 N–H and O–H groups in total. The lowest BCUT2D eigenvalue weighted by Gasteiger charge is -2.15.